The Morgan fingerprint density at radius 2 is 2.38 bits per heavy atom. The van der Waals surface area contributed by atoms with Crippen molar-refractivity contribution in [2.75, 3.05) is 13.2 Å². The van der Waals surface area contributed by atoms with Crippen LogP contribution in [0.2, 0.25) is 0 Å². The molecule has 88 valence electrons. The van der Waals surface area contributed by atoms with E-state index >= 15 is 0 Å². The Bertz CT molecular complexity index is 352. The van der Waals surface area contributed by atoms with Crippen LogP contribution in [0.4, 0.5) is 0 Å². The average molecular weight is 221 g/mol. The Morgan fingerprint density at radius 1 is 1.50 bits per heavy atom. The number of fused-ring (bicyclic) bond motifs is 1. The minimum atomic E-state index is 0.0719. The van der Waals surface area contributed by atoms with Gasteiger partial charge in [0.05, 0.1) is 13.2 Å². The van der Waals surface area contributed by atoms with E-state index in [1.807, 2.05) is 18.2 Å². The van der Waals surface area contributed by atoms with Crippen molar-refractivity contribution in [3.05, 3.63) is 23.8 Å². The van der Waals surface area contributed by atoms with Crippen molar-refractivity contribution < 1.29 is 9.47 Å². The monoisotopic (exact) mass is 221 g/mol. The van der Waals surface area contributed by atoms with Gasteiger partial charge in [0.1, 0.15) is 0 Å². The van der Waals surface area contributed by atoms with Gasteiger partial charge in [0.25, 0.3) is 0 Å². The predicted molar refractivity (Wildman–Crippen MR) is 63.9 cm³/mol. The number of ether oxygens (including phenoxy) is 2. The minimum Gasteiger partial charge on any atom is -0.490 e. The molecular weight excluding hydrogens is 202 g/mol. The largest absolute Gasteiger partial charge is 0.490 e. The number of hydrogen-bond donors (Lipinski definition) is 1. The zero-order chi connectivity index (χ0) is 11.4. The zero-order valence-electron chi connectivity index (χ0n) is 9.74. The molecule has 1 aliphatic heterocycles. The molecule has 1 heterocycles. The second-order valence-electron chi connectivity index (χ2n) is 4.12. The van der Waals surface area contributed by atoms with Crippen LogP contribution in [0.5, 0.6) is 11.5 Å². The van der Waals surface area contributed by atoms with Gasteiger partial charge in [0, 0.05) is 11.6 Å². The lowest BCUT2D eigenvalue weighted by molar-refractivity contribution is 0.269. The first-order chi connectivity index (χ1) is 7.83. The molecule has 0 aliphatic carbocycles. The standard InChI is InChI=1S/C13H19NO2/c1-2-8-15-12-7-3-5-10-11(14)6-4-9-16-13(10)12/h3,5,7,11H,2,4,6,8-9,14H2,1H3/t11-/m0/s1. The minimum absolute atomic E-state index is 0.0719. The van der Waals surface area contributed by atoms with E-state index in [2.05, 4.69) is 6.92 Å². The molecule has 1 atom stereocenters. The molecule has 0 fully saturated rings. The lowest BCUT2D eigenvalue weighted by Crippen LogP contribution is -2.09. The van der Waals surface area contributed by atoms with Crippen molar-refractivity contribution in [1.82, 2.24) is 0 Å². The van der Waals surface area contributed by atoms with Gasteiger partial charge in [-0.15, -0.1) is 0 Å². The molecule has 0 bridgehead atoms. The molecule has 1 aromatic rings. The smallest absolute Gasteiger partial charge is 0.165 e. The summed E-state index contributed by atoms with van der Waals surface area (Å²) in [5.41, 5.74) is 7.18. The highest BCUT2D eigenvalue weighted by Crippen LogP contribution is 2.37. The van der Waals surface area contributed by atoms with Crippen molar-refractivity contribution in [2.24, 2.45) is 5.73 Å². The third-order valence-electron chi connectivity index (χ3n) is 2.78. The quantitative estimate of drug-likeness (QED) is 0.853. The SMILES string of the molecule is CCCOc1cccc2c1OCCC[C@@H]2N. The van der Waals surface area contributed by atoms with E-state index in [1.165, 1.54) is 0 Å². The van der Waals surface area contributed by atoms with Crippen LogP contribution < -0.4 is 15.2 Å². The molecule has 0 saturated heterocycles. The molecule has 1 aliphatic rings. The van der Waals surface area contributed by atoms with Crippen molar-refractivity contribution in [2.45, 2.75) is 32.2 Å². The zero-order valence-corrected chi connectivity index (χ0v) is 9.74. The molecule has 16 heavy (non-hydrogen) atoms. The lowest BCUT2D eigenvalue weighted by atomic mass is 10.0. The first kappa shape index (κ1) is 11.3. The third kappa shape index (κ3) is 2.30. The third-order valence-corrected chi connectivity index (χ3v) is 2.78. The van der Waals surface area contributed by atoms with E-state index < -0.39 is 0 Å². The highest BCUT2D eigenvalue weighted by atomic mass is 16.5. The number of rotatable bonds is 3. The van der Waals surface area contributed by atoms with E-state index in [0.717, 1.165) is 49.5 Å². The molecule has 3 heteroatoms. The Labute approximate surface area is 96.5 Å². The van der Waals surface area contributed by atoms with E-state index in [0.29, 0.717) is 0 Å². The van der Waals surface area contributed by atoms with Crippen LogP contribution >= 0.6 is 0 Å². The van der Waals surface area contributed by atoms with Crippen molar-refractivity contribution in [3.8, 4) is 11.5 Å². The van der Waals surface area contributed by atoms with Gasteiger partial charge in [-0.05, 0) is 25.3 Å². The van der Waals surface area contributed by atoms with Crippen LogP contribution in [0.1, 0.15) is 37.8 Å². The fourth-order valence-corrected chi connectivity index (χ4v) is 1.94. The predicted octanol–water partition coefficient (Wildman–Crippen LogP) is 2.65. The number of nitrogens with two attached hydrogens (primary N) is 1. The van der Waals surface area contributed by atoms with Gasteiger partial charge in [-0.3, -0.25) is 0 Å². The Morgan fingerprint density at radius 3 is 3.19 bits per heavy atom. The van der Waals surface area contributed by atoms with Crippen molar-refractivity contribution in [1.29, 1.82) is 0 Å². The van der Waals surface area contributed by atoms with Crippen LogP contribution in [0.3, 0.4) is 0 Å². The molecule has 0 radical (unpaired) electrons. The molecule has 0 unspecified atom stereocenters. The van der Waals surface area contributed by atoms with E-state index in [4.69, 9.17) is 15.2 Å². The molecule has 1 aromatic carbocycles. The van der Waals surface area contributed by atoms with E-state index in [-0.39, 0.29) is 6.04 Å². The summed E-state index contributed by atoms with van der Waals surface area (Å²) < 4.78 is 11.4. The maximum absolute atomic E-state index is 6.11. The highest BCUT2D eigenvalue weighted by Gasteiger charge is 2.19. The summed E-state index contributed by atoms with van der Waals surface area (Å²) in [4.78, 5) is 0. The molecule has 2 rings (SSSR count). The van der Waals surface area contributed by atoms with Gasteiger partial charge >= 0.3 is 0 Å². The fourth-order valence-electron chi connectivity index (χ4n) is 1.94. The van der Waals surface area contributed by atoms with Gasteiger partial charge in [0.15, 0.2) is 11.5 Å². The second kappa shape index (κ2) is 5.21. The molecule has 0 spiro atoms. The van der Waals surface area contributed by atoms with Gasteiger partial charge in [0.2, 0.25) is 0 Å². The maximum Gasteiger partial charge on any atom is 0.165 e. The maximum atomic E-state index is 6.11. The van der Waals surface area contributed by atoms with Crippen LogP contribution in [0.15, 0.2) is 18.2 Å². The van der Waals surface area contributed by atoms with Gasteiger partial charge < -0.3 is 15.2 Å². The number of hydrogen-bond acceptors (Lipinski definition) is 3. The number of benzene rings is 1. The molecule has 3 nitrogen and oxygen atoms in total. The van der Waals surface area contributed by atoms with Crippen LogP contribution in [0, 0.1) is 0 Å². The fraction of sp³-hybridized carbons (Fsp3) is 0.538. The van der Waals surface area contributed by atoms with E-state index in [9.17, 15) is 0 Å². The first-order valence-electron chi connectivity index (χ1n) is 5.97. The van der Waals surface area contributed by atoms with Gasteiger partial charge in [-0.25, -0.2) is 0 Å². The van der Waals surface area contributed by atoms with Crippen LogP contribution in [0.25, 0.3) is 0 Å². The van der Waals surface area contributed by atoms with Crippen molar-refractivity contribution >= 4 is 0 Å². The normalized spacial score (nSPS) is 19.5. The van der Waals surface area contributed by atoms with Crippen LogP contribution in [-0.2, 0) is 0 Å². The summed E-state index contributed by atoms with van der Waals surface area (Å²) in [6.45, 7) is 3.54. The van der Waals surface area contributed by atoms with E-state index in [1.54, 1.807) is 0 Å². The first-order valence-corrected chi connectivity index (χ1v) is 5.97. The summed E-state index contributed by atoms with van der Waals surface area (Å²) in [6.07, 6.45) is 2.98. The van der Waals surface area contributed by atoms with Gasteiger partial charge in [-0.2, -0.15) is 0 Å². The summed E-state index contributed by atoms with van der Waals surface area (Å²) in [5, 5.41) is 0. The number of para-hydroxylation sites is 1. The topological polar surface area (TPSA) is 44.5 Å². The highest BCUT2D eigenvalue weighted by molar-refractivity contribution is 5.48. The molecule has 0 aromatic heterocycles. The Hall–Kier alpha value is -1.22. The summed E-state index contributed by atoms with van der Waals surface area (Å²) in [7, 11) is 0. The Balaban J connectivity index is 2.29. The average Bonchev–Trinajstić information content (AvgIpc) is 2.49. The van der Waals surface area contributed by atoms with Crippen LogP contribution in [-0.4, -0.2) is 13.2 Å². The molecular formula is C13H19NO2. The molecule has 0 amide bonds. The van der Waals surface area contributed by atoms with Gasteiger partial charge in [-0.1, -0.05) is 19.1 Å². The summed E-state index contributed by atoms with van der Waals surface area (Å²) >= 11 is 0. The Kier molecular flexibility index (Phi) is 3.67. The molecule has 2 N–H and O–H groups in total. The van der Waals surface area contributed by atoms with Crippen molar-refractivity contribution in [3.63, 3.8) is 0 Å². The molecule has 0 saturated carbocycles. The lowest BCUT2D eigenvalue weighted by Gasteiger charge is -2.15. The second-order valence-corrected chi connectivity index (χ2v) is 4.12. The summed E-state index contributed by atoms with van der Waals surface area (Å²) in [5.74, 6) is 1.68. The summed E-state index contributed by atoms with van der Waals surface area (Å²) in [6, 6.07) is 6.04.